The van der Waals surface area contributed by atoms with Gasteiger partial charge in [-0.25, -0.2) is 0 Å². The molecule has 162 valence electrons. The second-order valence-corrected chi connectivity index (χ2v) is 9.08. The van der Waals surface area contributed by atoms with Crippen LogP contribution in [-0.4, -0.2) is 36.1 Å². The highest BCUT2D eigenvalue weighted by molar-refractivity contribution is 8.00. The maximum atomic E-state index is 13.0. The van der Waals surface area contributed by atoms with Crippen LogP contribution in [0.2, 0.25) is 0 Å². The molecule has 1 fully saturated rings. The quantitative estimate of drug-likeness (QED) is 0.614. The first kappa shape index (κ1) is 22.9. The Morgan fingerprint density at radius 2 is 1.90 bits per heavy atom. The standard InChI is InChI=1S/C25H29N3O2S/c1-28(17-21-11-7-10-20(14-21)15-26)25(30)22-12-5-6-13-23(22)31-18-24(29)27-16-19-8-3-2-4-9-19/h5-7,10-14,19H,2-4,8-9,16-18H2,1H3,(H,27,29). The van der Waals surface area contributed by atoms with E-state index >= 15 is 0 Å². The first-order valence-electron chi connectivity index (χ1n) is 10.8. The lowest BCUT2D eigenvalue weighted by molar-refractivity contribution is -0.118. The number of amides is 2. The van der Waals surface area contributed by atoms with Crippen LogP contribution < -0.4 is 5.32 Å². The molecule has 5 nitrogen and oxygen atoms in total. The predicted octanol–water partition coefficient (Wildman–Crippen LogP) is 4.62. The monoisotopic (exact) mass is 435 g/mol. The Bertz CT molecular complexity index is 948. The van der Waals surface area contributed by atoms with Crippen molar-refractivity contribution in [1.29, 1.82) is 5.26 Å². The highest BCUT2D eigenvalue weighted by atomic mass is 32.2. The summed E-state index contributed by atoms with van der Waals surface area (Å²) in [5.74, 6) is 0.808. The average Bonchev–Trinajstić information content (AvgIpc) is 2.82. The van der Waals surface area contributed by atoms with Gasteiger partial charge in [-0.3, -0.25) is 9.59 Å². The van der Waals surface area contributed by atoms with Crippen molar-refractivity contribution in [2.45, 2.75) is 43.5 Å². The minimum atomic E-state index is -0.104. The molecule has 1 aliphatic rings. The van der Waals surface area contributed by atoms with Crippen LogP contribution in [0.15, 0.2) is 53.4 Å². The summed E-state index contributed by atoms with van der Waals surface area (Å²) in [5.41, 5.74) is 2.07. The molecule has 2 aromatic carbocycles. The number of benzene rings is 2. The Morgan fingerprint density at radius 1 is 1.13 bits per heavy atom. The van der Waals surface area contributed by atoms with Crippen molar-refractivity contribution in [2.75, 3.05) is 19.3 Å². The van der Waals surface area contributed by atoms with Gasteiger partial charge in [0.2, 0.25) is 5.91 Å². The average molecular weight is 436 g/mol. The third kappa shape index (κ3) is 6.86. The van der Waals surface area contributed by atoms with Gasteiger partial charge in [-0.1, -0.05) is 43.5 Å². The van der Waals surface area contributed by atoms with Crippen LogP contribution >= 0.6 is 11.8 Å². The fourth-order valence-corrected chi connectivity index (χ4v) is 4.78. The summed E-state index contributed by atoms with van der Waals surface area (Å²) < 4.78 is 0. The zero-order valence-corrected chi connectivity index (χ0v) is 18.8. The van der Waals surface area contributed by atoms with Crippen LogP contribution in [0.4, 0.5) is 0 Å². The highest BCUT2D eigenvalue weighted by Gasteiger charge is 2.18. The fraction of sp³-hybridized carbons (Fsp3) is 0.400. The second kappa shape index (κ2) is 11.6. The Hall–Kier alpha value is -2.78. The summed E-state index contributed by atoms with van der Waals surface area (Å²) in [7, 11) is 1.75. The summed E-state index contributed by atoms with van der Waals surface area (Å²) >= 11 is 1.40. The molecule has 0 aromatic heterocycles. The molecule has 0 aliphatic heterocycles. The maximum absolute atomic E-state index is 13.0. The van der Waals surface area contributed by atoms with Gasteiger partial charge in [0.25, 0.3) is 5.91 Å². The van der Waals surface area contributed by atoms with Gasteiger partial charge in [-0.15, -0.1) is 11.8 Å². The second-order valence-electron chi connectivity index (χ2n) is 8.07. The molecule has 0 spiro atoms. The van der Waals surface area contributed by atoms with Crippen LogP contribution in [0, 0.1) is 17.2 Å². The van der Waals surface area contributed by atoms with E-state index in [0.717, 1.165) is 17.0 Å². The predicted molar refractivity (Wildman–Crippen MR) is 124 cm³/mol. The Labute approximate surface area is 188 Å². The number of nitrogens with zero attached hydrogens (tertiary/aromatic N) is 2. The SMILES string of the molecule is CN(Cc1cccc(C#N)c1)C(=O)c1ccccc1SCC(=O)NCC1CCCCC1. The van der Waals surface area contributed by atoms with Crippen molar-refractivity contribution in [1.82, 2.24) is 10.2 Å². The van der Waals surface area contributed by atoms with E-state index in [2.05, 4.69) is 11.4 Å². The molecule has 31 heavy (non-hydrogen) atoms. The van der Waals surface area contributed by atoms with E-state index in [4.69, 9.17) is 5.26 Å². The number of thioether (sulfide) groups is 1. The largest absolute Gasteiger partial charge is 0.355 e. The summed E-state index contributed by atoms with van der Waals surface area (Å²) in [5, 5.41) is 12.1. The molecule has 1 N–H and O–H groups in total. The number of carbonyl (C=O) groups excluding carboxylic acids is 2. The molecule has 1 aliphatic carbocycles. The zero-order chi connectivity index (χ0) is 22.1. The van der Waals surface area contributed by atoms with Crippen LogP contribution in [0.25, 0.3) is 0 Å². The van der Waals surface area contributed by atoms with E-state index in [9.17, 15) is 9.59 Å². The van der Waals surface area contributed by atoms with E-state index in [1.165, 1.54) is 43.9 Å². The summed E-state index contributed by atoms with van der Waals surface area (Å²) in [6, 6.07) is 16.8. The molecule has 0 radical (unpaired) electrons. The first-order valence-corrected chi connectivity index (χ1v) is 11.8. The normalized spacial score (nSPS) is 13.9. The highest BCUT2D eigenvalue weighted by Crippen LogP contribution is 2.25. The number of hydrogen-bond acceptors (Lipinski definition) is 4. The number of rotatable bonds is 8. The molecular weight excluding hydrogens is 406 g/mol. The molecule has 0 bridgehead atoms. The molecule has 0 saturated heterocycles. The van der Waals surface area contributed by atoms with Gasteiger partial charge in [0.05, 0.1) is 22.9 Å². The minimum absolute atomic E-state index is 0.0134. The summed E-state index contributed by atoms with van der Waals surface area (Å²) in [6.07, 6.45) is 6.24. The van der Waals surface area contributed by atoms with Crippen LogP contribution in [-0.2, 0) is 11.3 Å². The van der Waals surface area contributed by atoms with Crippen molar-refractivity contribution in [2.24, 2.45) is 5.92 Å². The fourth-order valence-electron chi connectivity index (χ4n) is 3.90. The lowest BCUT2D eigenvalue weighted by atomic mass is 9.89. The van der Waals surface area contributed by atoms with E-state index < -0.39 is 0 Å². The van der Waals surface area contributed by atoms with Gasteiger partial charge >= 0.3 is 0 Å². The number of nitrogens with one attached hydrogen (secondary N) is 1. The molecular formula is C25H29N3O2S. The summed E-state index contributed by atoms with van der Waals surface area (Å²) in [6.45, 7) is 1.17. The lowest BCUT2D eigenvalue weighted by Gasteiger charge is -2.21. The van der Waals surface area contributed by atoms with Crippen LogP contribution in [0.3, 0.4) is 0 Å². The summed E-state index contributed by atoms with van der Waals surface area (Å²) in [4.78, 5) is 27.8. The van der Waals surface area contributed by atoms with Crippen molar-refractivity contribution in [3.63, 3.8) is 0 Å². The van der Waals surface area contributed by atoms with Crippen molar-refractivity contribution in [3.05, 3.63) is 65.2 Å². The Morgan fingerprint density at radius 3 is 2.68 bits per heavy atom. The third-order valence-corrected chi connectivity index (χ3v) is 6.68. The van der Waals surface area contributed by atoms with E-state index in [-0.39, 0.29) is 11.8 Å². The first-order chi connectivity index (χ1) is 15.1. The maximum Gasteiger partial charge on any atom is 0.255 e. The van der Waals surface area contributed by atoms with Crippen molar-refractivity contribution < 1.29 is 9.59 Å². The molecule has 0 heterocycles. The Balaban J connectivity index is 1.56. The minimum Gasteiger partial charge on any atom is -0.355 e. The molecule has 2 aromatic rings. The molecule has 0 unspecified atom stereocenters. The van der Waals surface area contributed by atoms with Gasteiger partial charge in [0.15, 0.2) is 0 Å². The number of hydrogen-bond donors (Lipinski definition) is 1. The molecule has 6 heteroatoms. The van der Waals surface area contributed by atoms with Crippen LogP contribution in [0.1, 0.15) is 53.6 Å². The van der Waals surface area contributed by atoms with E-state index in [0.29, 0.717) is 29.3 Å². The van der Waals surface area contributed by atoms with Crippen molar-refractivity contribution >= 4 is 23.6 Å². The van der Waals surface area contributed by atoms with E-state index in [1.54, 1.807) is 30.1 Å². The molecule has 3 rings (SSSR count). The van der Waals surface area contributed by atoms with Gasteiger partial charge in [-0.05, 0) is 48.6 Å². The van der Waals surface area contributed by atoms with Gasteiger partial charge in [-0.2, -0.15) is 5.26 Å². The van der Waals surface area contributed by atoms with Gasteiger partial charge in [0, 0.05) is 25.0 Å². The van der Waals surface area contributed by atoms with E-state index in [1.807, 2.05) is 30.3 Å². The number of carbonyl (C=O) groups is 2. The van der Waals surface area contributed by atoms with Crippen molar-refractivity contribution in [3.8, 4) is 6.07 Å². The topological polar surface area (TPSA) is 73.2 Å². The van der Waals surface area contributed by atoms with Crippen LogP contribution in [0.5, 0.6) is 0 Å². The number of nitriles is 1. The molecule has 1 saturated carbocycles. The Kier molecular flexibility index (Phi) is 8.54. The lowest BCUT2D eigenvalue weighted by Crippen LogP contribution is -2.31. The van der Waals surface area contributed by atoms with Gasteiger partial charge < -0.3 is 10.2 Å². The third-order valence-electron chi connectivity index (χ3n) is 5.61. The smallest absolute Gasteiger partial charge is 0.255 e. The molecule has 0 atom stereocenters. The zero-order valence-electron chi connectivity index (χ0n) is 18.0. The van der Waals surface area contributed by atoms with Gasteiger partial charge in [0.1, 0.15) is 0 Å². The molecule has 2 amide bonds.